The van der Waals surface area contributed by atoms with Crippen molar-refractivity contribution in [1.29, 1.82) is 0 Å². The second-order valence-electron chi connectivity index (χ2n) is 4.43. The van der Waals surface area contributed by atoms with Crippen molar-refractivity contribution in [2.75, 3.05) is 5.73 Å². The van der Waals surface area contributed by atoms with Gasteiger partial charge in [0, 0.05) is 22.3 Å². The number of nitrogen functional groups attached to an aromatic ring is 1. The van der Waals surface area contributed by atoms with Crippen LogP contribution in [0.2, 0.25) is 0 Å². The minimum Gasteiger partial charge on any atom is -0.478 e. The van der Waals surface area contributed by atoms with Crippen LogP contribution in [-0.2, 0) is 6.54 Å². The normalized spacial score (nSPS) is 10.1. The Morgan fingerprint density at radius 1 is 1.19 bits per heavy atom. The number of halogens is 1. The van der Waals surface area contributed by atoms with Crippen LogP contribution in [0, 0.1) is 0 Å². The van der Waals surface area contributed by atoms with Gasteiger partial charge in [0.1, 0.15) is 0 Å². The van der Waals surface area contributed by atoms with E-state index in [1.807, 2.05) is 12.1 Å². The molecule has 108 valence electrons. The summed E-state index contributed by atoms with van der Waals surface area (Å²) in [5, 5.41) is 11.7. The maximum absolute atomic E-state index is 12.0. The second-order valence-corrected chi connectivity index (χ2v) is 5.28. The van der Waals surface area contributed by atoms with E-state index < -0.39 is 5.97 Å². The molecule has 2 aromatic carbocycles. The average molecular weight is 349 g/mol. The Morgan fingerprint density at radius 3 is 2.57 bits per heavy atom. The molecule has 0 aliphatic heterocycles. The molecule has 2 rings (SSSR count). The Labute approximate surface area is 129 Å². The number of rotatable bonds is 4. The Kier molecular flexibility index (Phi) is 4.59. The van der Waals surface area contributed by atoms with E-state index in [-0.39, 0.29) is 11.5 Å². The highest BCUT2D eigenvalue weighted by molar-refractivity contribution is 9.10. The predicted molar refractivity (Wildman–Crippen MR) is 83.1 cm³/mol. The lowest BCUT2D eigenvalue weighted by Gasteiger charge is -2.07. The Morgan fingerprint density at radius 2 is 1.95 bits per heavy atom. The van der Waals surface area contributed by atoms with Crippen LogP contribution < -0.4 is 11.1 Å². The van der Waals surface area contributed by atoms with E-state index in [2.05, 4.69) is 21.2 Å². The molecule has 0 bridgehead atoms. The van der Waals surface area contributed by atoms with Crippen molar-refractivity contribution in [2.24, 2.45) is 0 Å². The van der Waals surface area contributed by atoms with Gasteiger partial charge in [-0.3, -0.25) is 4.79 Å². The van der Waals surface area contributed by atoms with Crippen LogP contribution in [0.25, 0.3) is 0 Å². The van der Waals surface area contributed by atoms with Gasteiger partial charge >= 0.3 is 5.97 Å². The highest BCUT2D eigenvalue weighted by Crippen LogP contribution is 2.18. The van der Waals surface area contributed by atoms with Gasteiger partial charge in [0.15, 0.2) is 0 Å². The van der Waals surface area contributed by atoms with Crippen LogP contribution in [0.1, 0.15) is 26.3 Å². The van der Waals surface area contributed by atoms with Crippen molar-refractivity contribution in [2.45, 2.75) is 6.54 Å². The molecule has 6 heteroatoms. The number of carboxylic acids is 1. The van der Waals surface area contributed by atoms with Crippen molar-refractivity contribution >= 4 is 33.5 Å². The Balaban J connectivity index is 2.07. The first-order valence-electron chi connectivity index (χ1n) is 6.13. The number of hydrogen-bond acceptors (Lipinski definition) is 3. The van der Waals surface area contributed by atoms with Gasteiger partial charge in [-0.2, -0.15) is 0 Å². The van der Waals surface area contributed by atoms with Gasteiger partial charge in [0.05, 0.1) is 5.56 Å². The molecular formula is C15H13BrN2O3. The molecule has 0 aliphatic carbocycles. The monoisotopic (exact) mass is 348 g/mol. The van der Waals surface area contributed by atoms with E-state index in [0.29, 0.717) is 22.3 Å². The summed E-state index contributed by atoms with van der Waals surface area (Å²) in [5.74, 6) is -1.33. The summed E-state index contributed by atoms with van der Waals surface area (Å²) in [6.07, 6.45) is 0. The zero-order chi connectivity index (χ0) is 15.4. The molecule has 0 saturated carbocycles. The quantitative estimate of drug-likeness (QED) is 0.740. The Bertz CT molecular complexity index is 701. The van der Waals surface area contributed by atoms with Gasteiger partial charge in [-0.15, -0.1) is 0 Å². The minimum absolute atomic E-state index is 0.113. The van der Waals surface area contributed by atoms with Gasteiger partial charge in [-0.25, -0.2) is 4.79 Å². The number of benzene rings is 2. The molecule has 0 spiro atoms. The molecule has 0 fully saturated rings. The summed E-state index contributed by atoms with van der Waals surface area (Å²) in [6.45, 7) is 0.349. The number of amides is 1. The largest absolute Gasteiger partial charge is 0.478 e. The molecule has 4 N–H and O–H groups in total. The van der Waals surface area contributed by atoms with E-state index in [9.17, 15) is 9.59 Å². The fraction of sp³-hybridized carbons (Fsp3) is 0.0667. The van der Waals surface area contributed by atoms with Crippen molar-refractivity contribution < 1.29 is 14.7 Å². The van der Waals surface area contributed by atoms with Crippen LogP contribution in [0.3, 0.4) is 0 Å². The lowest BCUT2D eigenvalue weighted by molar-refractivity contribution is 0.0695. The molecule has 0 aromatic heterocycles. The number of carboxylic acid groups (broad SMARTS) is 1. The third-order valence-electron chi connectivity index (χ3n) is 2.87. The zero-order valence-electron chi connectivity index (χ0n) is 11.0. The minimum atomic E-state index is -1.05. The molecule has 0 saturated heterocycles. The third-order valence-corrected chi connectivity index (χ3v) is 3.52. The standard InChI is InChI=1S/C15H13BrN2O3/c16-13-7-10(4-5-12(13)15(20)21)14(19)18-8-9-2-1-3-11(17)6-9/h1-7H,8,17H2,(H,18,19)(H,20,21). The Hall–Kier alpha value is -2.34. The van der Waals surface area contributed by atoms with Crippen molar-refractivity contribution in [3.05, 3.63) is 63.6 Å². The summed E-state index contributed by atoms with van der Waals surface area (Å²) >= 11 is 3.14. The summed E-state index contributed by atoms with van der Waals surface area (Å²) < 4.78 is 0.367. The average Bonchev–Trinajstić information content (AvgIpc) is 2.44. The highest BCUT2D eigenvalue weighted by Gasteiger charge is 2.12. The van der Waals surface area contributed by atoms with E-state index in [1.54, 1.807) is 12.1 Å². The molecule has 21 heavy (non-hydrogen) atoms. The SMILES string of the molecule is Nc1cccc(CNC(=O)c2ccc(C(=O)O)c(Br)c2)c1. The fourth-order valence-electron chi connectivity index (χ4n) is 1.82. The van der Waals surface area contributed by atoms with Crippen molar-refractivity contribution in [3.63, 3.8) is 0 Å². The van der Waals surface area contributed by atoms with Crippen LogP contribution in [0.4, 0.5) is 5.69 Å². The maximum atomic E-state index is 12.0. The zero-order valence-corrected chi connectivity index (χ0v) is 12.6. The number of carbonyl (C=O) groups is 2. The first kappa shape index (κ1) is 15.1. The highest BCUT2D eigenvalue weighted by atomic mass is 79.9. The van der Waals surface area contributed by atoms with Gasteiger partial charge in [-0.05, 0) is 51.8 Å². The smallest absolute Gasteiger partial charge is 0.336 e. The second kappa shape index (κ2) is 6.41. The third kappa shape index (κ3) is 3.82. The molecule has 0 unspecified atom stereocenters. The molecule has 0 heterocycles. The number of aromatic carboxylic acids is 1. The summed E-state index contributed by atoms with van der Waals surface area (Å²) in [4.78, 5) is 22.9. The van der Waals surface area contributed by atoms with Crippen molar-refractivity contribution in [1.82, 2.24) is 5.32 Å². The lowest BCUT2D eigenvalue weighted by Crippen LogP contribution is -2.23. The van der Waals surface area contributed by atoms with Gasteiger partial charge in [0.25, 0.3) is 5.91 Å². The molecule has 1 amide bonds. The van der Waals surface area contributed by atoms with Gasteiger partial charge in [-0.1, -0.05) is 12.1 Å². The summed E-state index contributed by atoms with van der Waals surface area (Å²) in [7, 11) is 0. The summed E-state index contributed by atoms with van der Waals surface area (Å²) in [6, 6.07) is 11.6. The number of nitrogens with two attached hydrogens (primary N) is 1. The van der Waals surface area contributed by atoms with Crippen LogP contribution >= 0.6 is 15.9 Å². The van der Waals surface area contributed by atoms with Crippen LogP contribution in [0.15, 0.2) is 46.9 Å². The number of anilines is 1. The number of nitrogens with one attached hydrogen (secondary N) is 1. The first-order chi connectivity index (χ1) is 9.97. The molecule has 0 radical (unpaired) electrons. The van der Waals surface area contributed by atoms with Crippen LogP contribution in [-0.4, -0.2) is 17.0 Å². The number of carbonyl (C=O) groups excluding carboxylic acids is 1. The van der Waals surface area contributed by atoms with Crippen LogP contribution in [0.5, 0.6) is 0 Å². The van der Waals surface area contributed by atoms with Crippen molar-refractivity contribution in [3.8, 4) is 0 Å². The van der Waals surface area contributed by atoms with E-state index >= 15 is 0 Å². The molecule has 0 aliphatic rings. The number of hydrogen-bond donors (Lipinski definition) is 3. The predicted octanol–water partition coefficient (Wildman–Crippen LogP) is 2.66. The first-order valence-corrected chi connectivity index (χ1v) is 6.92. The van der Waals surface area contributed by atoms with E-state index in [0.717, 1.165) is 5.56 Å². The lowest BCUT2D eigenvalue weighted by atomic mass is 10.1. The van der Waals surface area contributed by atoms with Gasteiger partial charge in [0.2, 0.25) is 0 Å². The van der Waals surface area contributed by atoms with E-state index in [4.69, 9.17) is 10.8 Å². The molecule has 2 aromatic rings. The summed E-state index contributed by atoms with van der Waals surface area (Å²) in [5.41, 5.74) is 7.69. The fourth-order valence-corrected chi connectivity index (χ4v) is 2.37. The van der Waals surface area contributed by atoms with E-state index in [1.165, 1.54) is 18.2 Å². The molecule has 0 atom stereocenters. The molecular weight excluding hydrogens is 336 g/mol. The topological polar surface area (TPSA) is 92.4 Å². The van der Waals surface area contributed by atoms with Gasteiger partial charge < -0.3 is 16.2 Å². The maximum Gasteiger partial charge on any atom is 0.336 e. The molecule has 5 nitrogen and oxygen atoms in total.